The van der Waals surface area contributed by atoms with E-state index in [2.05, 4.69) is 16.9 Å². The molecule has 4 nitrogen and oxygen atoms in total. The van der Waals surface area contributed by atoms with E-state index in [4.69, 9.17) is 10.7 Å². The fourth-order valence-corrected chi connectivity index (χ4v) is 1.36. The summed E-state index contributed by atoms with van der Waals surface area (Å²) in [7, 11) is 0. The highest BCUT2D eigenvalue weighted by Gasteiger charge is 2.18. The minimum absolute atomic E-state index is 0.118. The Kier molecular flexibility index (Phi) is 3.99. The van der Waals surface area contributed by atoms with Crippen molar-refractivity contribution < 1.29 is 0 Å². The van der Waals surface area contributed by atoms with Crippen molar-refractivity contribution in [3.8, 4) is 6.07 Å². The third-order valence-corrected chi connectivity index (χ3v) is 2.12. The molecule has 1 rings (SSSR count). The summed E-state index contributed by atoms with van der Waals surface area (Å²) in [5, 5.41) is 15.7. The quantitative estimate of drug-likeness (QED) is 0.522. The molecule has 74 valence electrons. The van der Waals surface area contributed by atoms with Gasteiger partial charge in [0.05, 0.1) is 0 Å². The lowest BCUT2D eigenvalue weighted by Gasteiger charge is -2.01. The molecule has 1 aliphatic rings. The summed E-state index contributed by atoms with van der Waals surface area (Å²) in [5.74, 6) is 0. The highest BCUT2D eigenvalue weighted by Crippen LogP contribution is 2.13. The van der Waals surface area contributed by atoms with Crippen LogP contribution in [0, 0.1) is 16.7 Å². The number of rotatable bonds is 5. The lowest BCUT2D eigenvalue weighted by atomic mass is 10.2. The zero-order valence-corrected chi connectivity index (χ0v) is 8.32. The summed E-state index contributed by atoms with van der Waals surface area (Å²) in [5.41, 5.74) is 0.732. The van der Waals surface area contributed by atoms with Crippen LogP contribution >= 0.6 is 0 Å². The van der Waals surface area contributed by atoms with Gasteiger partial charge in [-0.05, 0) is 12.8 Å². The van der Waals surface area contributed by atoms with E-state index in [0.717, 1.165) is 19.1 Å². The van der Waals surface area contributed by atoms with Gasteiger partial charge in [-0.1, -0.05) is 19.8 Å². The van der Waals surface area contributed by atoms with Gasteiger partial charge in [-0.15, -0.1) is 0 Å². The monoisotopic (exact) mass is 190 g/mol. The molecule has 0 fully saturated rings. The second kappa shape index (κ2) is 5.28. The van der Waals surface area contributed by atoms with Crippen molar-refractivity contribution in [3.63, 3.8) is 0 Å². The minimum atomic E-state index is -0.118. The van der Waals surface area contributed by atoms with Gasteiger partial charge in [-0.3, -0.25) is 4.99 Å². The number of nitrogens with zero attached hydrogens (tertiary/aromatic N) is 3. The maximum atomic E-state index is 8.69. The minimum Gasteiger partial charge on any atom is -0.306 e. The molecule has 1 heterocycles. The summed E-state index contributed by atoms with van der Waals surface area (Å²) in [6.45, 7) is 2.14. The number of hydrogen-bond donors (Lipinski definition) is 1. The van der Waals surface area contributed by atoms with Crippen LogP contribution in [0.5, 0.6) is 0 Å². The van der Waals surface area contributed by atoms with Crippen LogP contribution in [-0.4, -0.2) is 23.8 Å². The van der Waals surface area contributed by atoms with Gasteiger partial charge in [-0.2, -0.15) is 5.26 Å². The van der Waals surface area contributed by atoms with Crippen LogP contribution in [0.4, 0.5) is 0 Å². The van der Waals surface area contributed by atoms with E-state index in [0.29, 0.717) is 11.4 Å². The number of unbranched alkanes of at least 4 members (excludes halogenated alkanes) is 2. The van der Waals surface area contributed by atoms with Crippen LogP contribution in [0.2, 0.25) is 0 Å². The number of nitrogens with one attached hydrogen (secondary N) is 1. The van der Waals surface area contributed by atoms with E-state index < -0.39 is 0 Å². The van der Waals surface area contributed by atoms with Crippen molar-refractivity contribution in [1.82, 2.24) is 0 Å². The first kappa shape index (κ1) is 10.6. The van der Waals surface area contributed by atoms with Gasteiger partial charge in [0.1, 0.15) is 17.9 Å². The van der Waals surface area contributed by atoms with Gasteiger partial charge in [0.25, 0.3) is 0 Å². The molecule has 4 heteroatoms. The van der Waals surface area contributed by atoms with Crippen molar-refractivity contribution in [2.75, 3.05) is 0 Å². The molecule has 0 saturated carbocycles. The molecule has 1 aliphatic heterocycles. The summed E-state index contributed by atoms with van der Waals surface area (Å²) >= 11 is 0. The van der Waals surface area contributed by atoms with Gasteiger partial charge in [0, 0.05) is 6.21 Å². The molecule has 1 N–H and O–H groups in total. The highest BCUT2D eigenvalue weighted by atomic mass is 15.1. The van der Waals surface area contributed by atoms with E-state index >= 15 is 0 Å². The van der Waals surface area contributed by atoms with Crippen LogP contribution in [0.25, 0.3) is 0 Å². The fraction of sp³-hybridized carbons (Fsp3) is 0.600. The Hall–Kier alpha value is -1.50. The van der Waals surface area contributed by atoms with Gasteiger partial charge in [-0.25, -0.2) is 4.99 Å². The third-order valence-electron chi connectivity index (χ3n) is 2.12. The molecule has 0 aromatic heterocycles. The molecule has 0 amide bonds. The van der Waals surface area contributed by atoms with E-state index in [1.54, 1.807) is 0 Å². The summed E-state index contributed by atoms with van der Waals surface area (Å²) in [6.07, 6.45) is 5.29. The average molecular weight is 190 g/mol. The summed E-state index contributed by atoms with van der Waals surface area (Å²) < 4.78 is 0. The van der Waals surface area contributed by atoms with Crippen molar-refractivity contribution in [2.45, 2.75) is 38.8 Å². The second-order valence-corrected chi connectivity index (χ2v) is 3.22. The normalized spacial score (nSPS) is 19.9. The Morgan fingerprint density at radius 1 is 1.50 bits per heavy atom. The first-order valence-electron chi connectivity index (χ1n) is 4.88. The molecular formula is C10H14N4. The van der Waals surface area contributed by atoms with Crippen LogP contribution in [0.15, 0.2) is 9.98 Å². The SMILES string of the molecule is CCCCCC1N=C(C#N)C(C=N)=N1. The molecule has 0 aromatic carbocycles. The van der Waals surface area contributed by atoms with Crippen molar-refractivity contribution in [2.24, 2.45) is 9.98 Å². The van der Waals surface area contributed by atoms with Crippen LogP contribution < -0.4 is 0 Å². The fourth-order valence-electron chi connectivity index (χ4n) is 1.36. The van der Waals surface area contributed by atoms with Crippen LogP contribution in [-0.2, 0) is 0 Å². The summed E-state index contributed by atoms with van der Waals surface area (Å²) in [4.78, 5) is 8.31. The molecule has 14 heavy (non-hydrogen) atoms. The maximum Gasteiger partial charge on any atom is 0.164 e. The third kappa shape index (κ3) is 2.49. The van der Waals surface area contributed by atoms with Crippen molar-refractivity contribution >= 4 is 17.6 Å². The molecular weight excluding hydrogens is 176 g/mol. The van der Waals surface area contributed by atoms with E-state index in [-0.39, 0.29) is 6.17 Å². The molecule has 0 bridgehead atoms. The zero-order chi connectivity index (χ0) is 10.4. The van der Waals surface area contributed by atoms with E-state index in [1.165, 1.54) is 12.8 Å². The first-order chi connectivity index (χ1) is 6.81. The van der Waals surface area contributed by atoms with E-state index in [1.807, 2.05) is 6.07 Å². The Morgan fingerprint density at radius 3 is 2.79 bits per heavy atom. The molecule has 0 aliphatic carbocycles. The van der Waals surface area contributed by atoms with Crippen LogP contribution in [0.1, 0.15) is 32.6 Å². The predicted molar refractivity (Wildman–Crippen MR) is 57.2 cm³/mol. The van der Waals surface area contributed by atoms with Gasteiger partial charge >= 0.3 is 0 Å². The predicted octanol–water partition coefficient (Wildman–Crippen LogP) is 1.96. The van der Waals surface area contributed by atoms with Gasteiger partial charge in [0.15, 0.2) is 5.71 Å². The van der Waals surface area contributed by atoms with Gasteiger partial charge in [0.2, 0.25) is 0 Å². The summed E-state index contributed by atoms with van der Waals surface area (Å²) in [6, 6.07) is 1.95. The number of nitriles is 1. The smallest absolute Gasteiger partial charge is 0.164 e. The van der Waals surface area contributed by atoms with Crippen molar-refractivity contribution in [3.05, 3.63) is 0 Å². The largest absolute Gasteiger partial charge is 0.306 e. The molecule has 0 radical (unpaired) electrons. The Labute approximate surface area is 83.9 Å². The number of hydrogen-bond acceptors (Lipinski definition) is 4. The van der Waals surface area contributed by atoms with Crippen LogP contribution in [0.3, 0.4) is 0 Å². The molecule has 0 spiro atoms. The average Bonchev–Trinajstić information content (AvgIpc) is 2.61. The van der Waals surface area contributed by atoms with E-state index in [9.17, 15) is 0 Å². The highest BCUT2D eigenvalue weighted by molar-refractivity contribution is 6.66. The topological polar surface area (TPSA) is 72.4 Å². The Morgan fingerprint density at radius 2 is 2.29 bits per heavy atom. The second-order valence-electron chi connectivity index (χ2n) is 3.22. The molecule has 1 atom stereocenters. The lowest BCUT2D eigenvalue weighted by molar-refractivity contribution is 0.585. The standard InChI is InChI=1S/C10H14N4/c1-2-3-4-5-10-13-8(6-11)9(7-12)14-10/h6,10-11H,2-5H2,1H3. The zero-order valence-electron chi connectivity index (χ0n) is 8.32. The molecule has 0 aromatic rings. The molecule has 1 unspecified atom stereocenters. The van der Waals surface area contributed by atoms with Gasteiger partial charge < -0.3 is 5.41 Å². The maximum absolute atomic E-state index is 8.69. The lowest BCUT2D eigenvalue weighted by Crippen LogP contribution is -2.08. The number of aliphatic imine (C=N–C) groups is 2. The Balaban J connectivity index is 2.52. The molecule has 0 saturated heterocycles. The Bertz CT molecular complexity index is 309. The first-order valence-corrected chi connectivity index (χ1v) is 4.88. The van der Waals surface area contributed by atoms with Crippen molar-refractivity contribution in [1.29, 1.82) is 10.7 Å².